The lowest BCUT2D eigenvalue weighted by atomic mass is 9.83. The fraction of sp³-hybridized carbons (Fsp3) is 0.154. The Bertz CT molecular complexity index is 1170. The van der Waals surface area contributed by atoms with E-state index in [1.165, 1.54) is 11.6 Å². The number of nitrogens with one attached hydrogen (secondary N) is 1. The molecule has 0 aliphatic heterocycles. The first-order chi connectivity index (χ1) is 15.5. The molecule has 0 radical (unpaired) electrons. The number of carbonyl (C=O) groups is 2. The van der Waals surface area contributed by atoms with Gasteiger partial charge >= 0.3 is 5.97 Å². The van der Waals surface area contributed by atoms with Crippen LogP contribution in [0.2, 0.25) is 0 Å². The minimum Gasteiger partial charge on any atom is -0.477 e. The molecule has 1 aliphatic rings. The Hall–Kier alpha value is -3.38. The van der Waals surface area contributed by atoms with Gasteiger partial charge in [0.05, 0.1) is 4.47 Å². The standard InChI is InChI=1S/C26H22BrNO4/c27-22-7-3-4-8-24(22)32-21-13-9-17(10-14-21)15-23(26(30)31)28-25(29)20-12-11-18-5-1-2-6-19(18)16-20/h1-10,13-15,20H,11-12,16H2,(H,28,29)(H,30,31). The topological polar surface area (TPSA) is 75.6 Å². The number of rotatable bonds is 6. The van der Waals surface area contributed by atoms with Crippen LogP contribution < -0.4 is 10.1 Å². The molecule has 6 heteroatoms. The number of fused-ring (bicyclic) bond motifs is 1. The number of carboxylic acid groups (broad SMARTS) is 1. The summed E-state index contributed by atoms with van der Waals surface area (Å²) in [7, 11) is 0. The van der Waals surface area contributed by atoms with Crippen molar-refractivity contribution in [1.29, 1.82) is 0 Å². The fourth-order valence-corrected chi connectivity index (χ4v) is 4.13. The molecular weight excluding hydrogens is 470 g/mol. The van der Waals surface area contributed by atoms with E-state index in [1.54, 1.807) is 24.3 Å². The van der Waals surface area contributed by atoms with Crippen molar-refractivity contribution in [3.63, 3.8) is 0 Å². The molecule has 32 heavy (non-hydrogen) atoms. The number of ether oxygens (including phenoxy) is 1. The van der Waals surface area contributed by atoms with Gasteiger partial charge < -0.3 is 15.2 Å². The predicted octanol–water partition coefficient (Wildman–Crippen LogP) is 5.59. The van der Waals surface area contributed by atoms with Crippen molar-refractivity contribution >= 4 is 33.9 Å². The van der Waals surface area contributed by atoms with Crippen molar-refractivity contribution in [3.8, 4) is 11.5 Å². The Morgan fingerprint density at radius 3 is 2.38 bits per heavy atom. The highest BCUT2D eigenvalue weighted by atomic mass is 79.9. The lowest BCUT2D eigenvalue weighted by molar-refractivity contribution is -0.135. The van der Waals surface area contributed by atoms with Crippen LogP contribution in [0.15, 0.2) is 83.0 Å². The van der Waals surface area contributed by atoms with Crippen LogP contribution in [0.1, 0.15) is 23.1 Å². The van der Waals surface area contributed by atoms with E-state index in [4.69, 9.17) is 4.74 Å². The third-order valence-electron chi connectivity index (χ3n) is 5.46. The average Bonchev–Trinajstić information content (AvgIpc) is 2.81. The Balaban J connectivity index is 1.44. The van der Waals surface area contributed by atoms with Crippen molar-refractivity contribution < 1.29 is 19.4 Å². The van der Waals surface area contributed by atoms with Gasteiger partial charge in [0, 0.05) is 5.92 Å². The van der Waals surface area contributed by atoms with E-state index in [2.05, 4.69) is 27.3 Å². The molecule has 0 saturated heterocycles. The first-order valence-corrected chi connectivity index (χ1v) is 11.1. The molecule has 4 rings (SSSR count). The maximum Gasteiger partial charge on any atom is 0.352 e. The molecule has 1 aliphatic carbocycles. The van der Waals surface area contributed by atoms with E-state index in [0.29, 0.717) is 29.9 Å². The van der Waals surface area contributed by atoms with Gasteiger partial charge in [-0.25, -0.2) is 4.79 Å². The zero-order chi connectivity index (χ0) is 22.5. The van der Waals surface area contributed by atoms with E-state index >= 15 is 0 Å². The van der Waals surface area contributed by atoms with Gasteiger partial charge in [-0.3, -0.25) is 4.79 Å². The minimum atomic E-state index is -1.18. The third-order valence-corrected chi connectivity index (χ3v) is 6.12. The molecule has 162 valence electrons. The molecule has 3 aromatic rings. The van der Waals surface area contributed by atoms with Gasteiger partial charge in [-0.15, -0.1) is 0 Å². The Kier molecular flexibility index (Phi) is 6.71. The molecular formula is C26H22BrNO4. The number of aliphatic carboxylic acids is 1. The van der Waals surface area contributed by atoms with Crippen LogP contribution in [0, 0.1) is 5.92 Å². The van der Waals surface area contributed by atoms with Gasteiger partial charge in [-0.2, -0.15) is 0 Å². The van der Waals surface area contributed by atoms with Crippen molar-refractivity contribution in [2.75, 3.05) is 0 Å². The molecule has 0 aromatic heterocycles. The van der Waals surface area contributed by atoms with Gasteiger partial charge in [0.25, 0.3) is 0 Å². The first-order valence-electron chi connectivity index (χ1n) is 10.3. The molecule has 5 nitrogen and oxygen atoms in total. The zero-order valence-electron chi connectivity index (χ0n) is 17.3. The molecule has 0 bridgehead atoms. The molecule has 3 aromatic carbocycles. The van der Waals surface area contributed by atoms with Crippen molar-refractivity contribution in [2.45, 2.75) is 19.3 Å². The summed E-state index contributed by atoms with van der Waals surface area (Å²) in [5, 5.41) is 12.2. The van der Waals surface area contributed by atoms with Gasteiger partial charge in [0.1, 0.15) is 17.2 Å². The van der Waals surface area contributed by atoms with Crippen LogP contribution in [0.3, 0.4) is 0 Å². The molecule has 2 N–H and O–H groups in total. The molecule has 0 heterocycles. The van der Waals surface area contributed by atoms with Crippen LogP contribution in [0.25, 0.3) is 6.08 Å². The predicted molar refractivity (Wildman–Crippen MR) is 126 cm³/mol. The van der Waals surface area contributed by atoms with E-state index < -0.39 is 5.97 Å². The molecule has 0 fully saturated rings. The molecule has 1 atom stereocenters. The van der Waals surface area contributed by atoms with Crippen LogP contribution in [-0.2, 0) is 22.4 Å². The van der Waals surface area contributed by atoms with Gasteiger partial charge in [-0.05, 0) is 82.2 Å². The second kappa shape index (κ2) is 9.83. The molecule has 0 spiro atoms. The van der Waals surface area contributed by atoms with Crippen LogP contribution in [-0.4, -0.2) is 17.0 Å². The highest BCUT2D eigenvalue weighted by Crippen LogP contribution is 2.29. The normalized spacial score (nSPS) is 15.5. The number of para-hydroxylation sites is 1. The fourth-order valence-electron chi connectivity index (χ4n) is 3.76. The van der Waals surface area contributed by atoms with E-state index in [9.17, 15) is 14.7 Å². The first kappa shape index (κ1) is 21.8. The van der Waals surface area contributed by atoms with E-state index in [-0.39, 0.29) is 17.5 Å². The molecule has 1 amide bonds. The lowest BCUT2D eigenvalue weighted by Crippen LogP contribution is -2.35. The Labute approximate surface area is 194 Å². The monoisotopic (exact) mass is 491 g/mol. The minimum absolute atomic E-state index is 0.145. The second-order valence-electron chi connectivity index (χ2n) is 7.66. The van der Waals surface area contributed by atoms with Gasteiger partial charge in [0.15, 0.2) is 0 Å². The maximum atomic E-state index is 12.8. The summed E-state index contributed by atoms with van der Waals surface area (Å²) in [6.07, 6.45) is 3.60. The average molecular weight is 492 g/mol. The number of carboxylic acids is 1. The largest absolute Gasteiger partial charge is 0.477 e. The van der Waals surface area contributed by atoms with E-state index in [0.717, 1.165) is 16.5 Å². The van der Waals surface area contributed by atoms with Crippen molar-refractivity contribution in [3.05, 3.63) is 99.7 Å². The van der Waals surface area contributed by atoms with Crippen molar-refractivity contribution in [1.82, 2.24) is 5.32 Å². The number of halogens is 1. The SMILES string of the molecule is O=C(O)C(=Cc1ccc(Oc2ccccc2Br)cc1)NC(=O)C1CCc2ccccc2C1. The number of aryl methyl sites for hydroxylation is 1. The molecule has 0 saturated carbocycles. The Morgan fingerprint density at radius 1 is 0.969 bits per heavy atom. The van der Waals surface area contributed by atoms with Crippen LogP contribution in [0.5, 0.6) is 11.5 Å². The number of carbonyl (C=O) groups excluding carboxylic acids is 1. The highest BCUT2D eigenvalue weighted by molar-refractivity contribution is 9.10. The van der Waals surface area contributed by atoms with Gasteiger partial charge in [0.2, 0.25) is 5.91 Å². The molecule has 1 unspecified atom stereocenters. The highest BCUT2D eigenvalue weighted by Gasteiger charge is 2.26. The lowest BCUT2D eigenvalue weighted by Gasteiger charge is -2.23. The smallest absolute Gasteiger partial charge is 0.352 e. The quantitative estimate of drug-likeness (QED) is 0.440. The number of hydrogen-bond acceptors (Lipinski definition) is 3. The summed E-state index contributed by atoms with van der Waals surface area (Å²) in [6.45, 7) is 0. The number of hydrogen-bond donors (Lipinski definition) is 2. The summed E-state index contributed by atoms with van der Waals surface area (Å²) >= 11 is 3.44. The van der Waals surface area contributed by atoms with Crippen molar-refractivity contribution in [2.24, 2.45) is 5.92 Å². The zero-order valence-corrected chi connectivity index (χ0v) is 18.8. The van der Waals surface area contributed by atoms with Crippen LogP contribution in [0.4, 0.5) is 0 Å². The summed E-state index contributed by atoms with van der Waals surface area (Å²) in [6, 6.07) is 22.6. The number of benzene rings is 3. The van der Waals surface area contributed by atoms with Crippen LogP contribution >= 0.6 is 15.9 Å². The third kappa shape index (κ3) is 5.26. The second-order valence-corrected chi connectivity index (χ2v) is 8.52. The maximum absolute atomic E-state index is 12.8. The summed E-state index contributed by atoms with van der Waals surface area (Å²) in [5.74, 6) is -0.378. The number of amides is 1. The van der Waals surface area contributed by atoms with Gasteiger partial charge in [-0.1, -0.05) is 48.5 Å². The summed E-state index contributed by atoms with van der Waals surface area (Å²) < 4.78 is 6.67. The Morgan fingerprint density at radius 2 is 1.66 bits per heavy atom. The summed E-state index contributed by atoms with van der Waals surface area (Å²) in [4.78, 5) is 24.5. The summed E-state index contributed by atoms with van der Waals surface area (Å²) in [5.41, 5.74) is 2.92. The van der Waals surface area contributed by atoms with E-state index in [1.807, 2.05) is 42.5 Å².